The van der Waals surface area contributed by atoms with Crippen molar-refractivity contribution >= 4 is 35.0 Å². The summed E-state index contributed by atoms with van der Waals surface area (Å²) in [5.41, 5.74) is 3.95. The molecule has 10 nitrogen and oxygen atoms in total. The van der Waals surface area contributed by atoms with E-state index in [1.165, 1.54) is 11.3 Å². The van der Waals surface area contributed by atoms with E-state index < -0.39 is 0 Å². The number of amides is 3. The fraction of sp³-hybridized carbons (Fsp3) is 0.406. The van der Waals surface area contributed by atoms with Crippen LogP contribution in [0.5, 0.6) is 0 Å². The number of anilines is 3. The third-order valence-corrected chi connectivity index (χ3v) is 7.89. The standard InChI is InChI=1S/C32H39N5O5/c1-22-8-5-6-9-26(22)35-16-18-36(19-17-35)27-12-11-24(20-25(27)34-30(39)28-13-10-23(2)42-28)29(38)33-14-7-15-37-31(40)41-21-32(37,3)4/h5-6,8-13,20H,7,14-19,21H2,1-4H3,(H,33,38)(H,34,39). The minimum absolute atomic E-state index is 0.209. The lowest BCUT2D eigenvalue weighted by atomic mass is 10.1. The molecule has 2 saturated heterocycles. The van der Waals surface area contributed by atoms with Gasteiger partial charge in [0.05, 0.1) is 16.9 Å². The molecule has 0 saturated carbocycles. The Bertz CT molecular complexity index is 1460. The highest BCUT2D eigenvalue weighted by atomic mass is 16.6. The van der Waals surface area contributed by atoms with Crippen molar-refractivity contribution in [2.45, 2.75) is 39.7 Å². The quantitative estimate of drug-likeness (QED) is 0.353. The summed E-state index contributed by atoms with van der Waals surface area (Å²) in [6.07, 6.45) is 0.267. The number of piperazine rings is 1. The molecule has 2 aromatic carbocycles. The molecule has 2 aliphatic heterocycles. The van der Waals surface area contributed by atoms with Gasteiger partial charge in [0.1, 0.15) is 12.4 Å². The van der Waals surface area contributed by atoms with Crippen molar-refractivity contribution in [3.8, 4) is 0 Å². The van der Waals surface area contributed by atoms with Crippen molar-refractivity contribution in [3.05, 3.63) is 77.2 Å². The number of rotatable bonds is 9. The molecule has 0 aliphatic carbocycles. The molecule has 0 unspecified atom stereocenters. The number of nitrogens with zero attached hydrogens (tertiary/aromatic N) is 3. The average Bonchev–Trinajstić information content (AvgIpc) is 3.53. The molecule has 1 aromatic heterocycles. The molecular formula is C32H39N5O5. The fourth-order valence-corrected chi connectivity index (χ4v) is 5.48. The van der Waals surface area contributed by atoms with Crippen LogP contribution in [0, 0.1) is 13.8 Å². The maximum absolute atomic E-state index is 13.1. The van der Waals surface area contributed by atoms with Gasteiger partial charge in [0.25, 0.3) is 11.8 Å². The summed E-state index contributed by atoms with van der Waals surface area (Å²) in [5.74, 6) is 0.228. The number of aryl methyl sites for hydroxylation is 2. The van der Waals surface area contributed by atoms with Crippen LogP contribution in [0.4, 0.5) is 21.9 Å². The van der Waals surface area contributed by atoms with Gasteiger partial charge in [-0.1, -0.05) is 18.2 Å². The second kappa shape index (κ2) is 12.2. The van der Waals surface area contributed by atoms with Gasteiger partial charge in [-0.05, 0) is 76.1 Å². The van der Waals surface area contributed by atoms with E-state index in [-0.39, 0.29) is 29.2 Å². The number of carbonyl (C=O) groups excluding carboxylic acids is 3. The highest BCUT2D eigenvalue weighted by Crippen LogP contribution is 2.31. The Morgan fingerprint density at radius 2 is 1.62 bits per heavy atom. The van der Waals surface area contributed by atoms with Crippen molar-refractivity contribution in [1.29, 1.82) is 0 Å². The topological polar surface area (TPSA) is 107 Å². The van der Waals surface area contributed by atoms with Gasteiger partial charge < -0.3 is 29.6 Å². The van der Waals surface area contributed by atoms with Gasteiger partial charge >= 0.3 is 6.09 Å². The molecule has 5 rings (SSSR count). The molecule has 10 heteroatoms. The van der Waals surface area contributed by atoms with E-state index in [9.17, 15) is 14.4 Å². The second-order valence-electron chi connectivity index (χ2n) is 11.5. The van der Waals surface area contributed by atoms with E-state index in [4.69, 9.17) is 9.15 Å². The largest absolute Gasteiger partial charge is 0.456 e. The van der Waals surface area contributed by atoms with Gasteiger partial charge in [0, 0.05) is 50.5 Å². The van der Waals surface area contributed by atoms with Gasteiger partial charge in [0.2, 0.25) is 0 Å². The number of carbonyl (C=O) groups is 3. The molecule has 2 N–H and O–H groups in total. The lowest BCUT2D eigenvalue weighted by Gasteiger charge is -2.38. The summed E-state index contributed by atoms with van der Waals surface area (Å²) in [5, 5.41) is 5.92. The number of ether oxygens (including phenoxy) is 1. The highest BCUT2D eigenvalue weighted by Gasteiger charge is 2.39. The van der Waals surface area contributed by atoms with Crippen molar-refractivity contribution in [2.75, 3.05) is 61.0 Å². The van der Waals surface area contributed by atoms with Crippen molar-refractivity contribution in [3.63, 3.8) is 0 Å². The average molecular weight is 574 g/mol. The Kier molecular flexibility index (Phi) is 8.42. The second-order valence-corrected chi connectivity index (χ2v) is 11.5. The van der Waals surface area contributed by atoms with Crippen LogP contribution in [0.15, 0.2) is 59.0 Å². The summed E-state index contributed by atoms with van der Waals surface area (Å²) in [4.78, 5) is 44.5. The van der Waals surface area contributed by atoms with E-state index in [0.29, 0.717) is 43.1 Å². The van der Waals surface area contributed by atoms with E-state index in [1.54, 1.807) is 36.1 Å². The minimum Gasteiger partial charge on any atom is -0.456 e. The van der Waals surface area contributed by atoms with Crippen LogP contribution in [0.1, 0.15) is 52.5 Å². The van der Waals surface area contributed by atoms with E-state index in [2.05, 4.69) is 45.6 Å². The summed E-state index contributed by atoms with van der Waals surface area (Å²) >= 11 is 0. The normalized spacial score (nSPS) is 16.4. The van der Waals surface area contributed by atoms with Gasteiger partial charge in [-0.15, -0.1) is 0 Å². The molecule has 42 heavy (non-hydrogen) atoms. The Morgan fingerprint density at radius 3 is 2.26 bits per heavy atom. The maximum Gasteiger partial charge on any atom is 0.410 e. The first kappa shape index (κ1) is 29.0. The Morgan fingerprint density at radius 1 is 0.905 bits per heavy atom. The lowest BCUT2D eigenvalue weighted by molar-refractivity contribution is 0.0949. The van der Waals surface area contributed by atoms with Crippen LogP contribution in [-0.4, -0.2) is 74.2 Å². The number of benzene rings is 2. The number of furan rings is 1. The molecule has 3 aromatic rings. The van der Waals surface area contributed by atoms with Crippen LogP contribution in [0.2, 0.25) is 0 Å². The lowest BCUT2D eigenvalue weighted by Crippen LogP contribution is -2.47. The molecule has 3 amide bonds. The first-order chi connectivity index (χ1) is 20.1. The Hall–Kier alpha value is -4.47. The van der Waals surface area contributed by atoms with Crippen LogP contribution in [0.3, 0.4) is 0 Å². The third kappa shape index (κ3) is 6.37. The molecule has 3 heterocycles. The summed E-state index contributed by atoms with van der Waals surface area (Å²) < 4.78 is 10.7. The van der Waals surface area contributed by atoms with Gasteiger partial charge in [0.15, 0.2) is 5.76 Å². The van der Waals surface area contributed by atoms with Crippen molar-refractivity contribution in [1.82, 2.24) is 10.2 Å². The highest BCUT2D eigenvalue weighted by molar-refractivity contribution is 6.05. The number of hydrogen-bond donors (Lipinski definition) is 2. The Labute approximate surface area is 246 Å². The zero-order chi connectivity index (χ0) is 29.9. The third-order valence-electron chi connectivity index (χ3n) is 7.89. The van der Waals surface area contributed by atoms with E-state index in [1.807, 2.05) is 26.0 Å². The van der Waals surface area contributed by atoms with Gasteiger partial charge in [-0.2, -0.15) is 0 Å². The number of para-hydroxylation sites is 1. The first-order valence-electron chi connectivity index (χ1n) is 14.4. The molecule has 0 atom stereocenters. The first-order valence-corrected chi connectivity index (χ1v) is 14.4. The maximum atomic E-state index is 13.1. The predicted molar refractivity (Wildman–Crippen MR) is 163 cm³/mol. The number of nitrogens with one attached hydrogen (secondary N) is 2. The smallest absolute Gasteiger partial charge is 0.410 e. The van der Waals surface area contributed by atoms with E-state index in [0.717, 1.165) is 31.9 Å². The SMILES string of the molecule is Cc1ccc(C(=O)Nc2cc(C(=O)NCCCN3C(=O)OCC3(C)C)ccc2N2CCN(c3ccccc3C)CC2)o1. The molecular weight excluding hydrogens is 534 g/mol. The molecule has 0 radical (unpaired) electrons. The predicted octanol–water partition coefficient (Wildman–Crippen LogP) is 4.83. The van der Waals surface area contributed by atoms with Crippen LogP contribution < -0.4 is 20.4 Å². The molecule has 2 aliphatic rings. The van der Waals surface area contributed by atoms with Crippen molar-refractivity contribution in [2.24, 2.45) is 0 Å². The van der Waals surface area contributed by atoms with Crippen LogP contribution in [-0.2, 0) is 4.74 Å². The molecule has 0 spiro atoms. The summed E-state index contributed by atoms with van der Waals surface area (Å²) in [6.45, 7) is 12.3. The van der Waals surface area contributed by atoms with Crippen LogP contribution >= 0.6 is 0 Å². The van der Waals surface area contributed by atoms with Gasteiger partial charge in [-0.3, -0.25) is 14.5 Å². The number of cyclic esters (lactones) is 1. The van der Waals surface area contributed by atoms with Crippen molar-refractivity contribution < 1.29 is 23.5 Å². The molecule has 222 valence electrons. The zero-order valence-electron chi connectivity index (χ0n) is 24.7. The summed E-state index contributed by atoms with van der Waals surface area (Å²) in [6, 6.07) is 17.1. The van der Waals surface area contributed by atoms with Gasteiger partial charge in [-0.25, -0.2) is 4.79 Å². The fourth-order valence-electron chi connectivity index (χ4n) is 5.48. The Balaban J connectivity index is 1.28. The van der Waals surface area contributed by atoms with E-state index >= 15 is 0 Å². The summed E-state index contributed by atoms with van der Waals surface area (Å²) in [7, 11) is 0. The van der Waals surface area contributed by atoms with Crippen LogP contribution in [0.25, 0.3) is 0 Å². The zero-order valence-corrected chi connectivity index (χ0v) is 24.7. The molecule has 2 fully saturated rings. The monoisotopic (exact) mass is 573 g/mol. The molecule has 0 bridgehead atoms. The number of hydrogen-bond acceptors (Lipinski definition) is 7. The minimum atomic E-state index is -0.374.